The van der Waals surface area contributed by atoms with Crippen molar-refractivity contribution in [3.05, 3.63) is 47.2 Å². The molecule has 4 rings (SSSR count). The summed E-state index contributed by atoms with van der Waals surface area (Å²) in [5, 5.41) is 8.22. The van der Waals surface area contributed by atoms with Crippen molar-refractivity contribution in [3.8, 4) is 11.1 Å². The van der Waals surface area contributed by atoms with E-state index in [1.54, 1.807) is 10.7 Å². The molecular formula is C21H23ClN4O. The van der Waals surface area contributed by atoms with E-state index in [4.69, 9.17) is 11.6 Å². The maximum absolute atomic E-state index is 12.5. The molecule has 0 unspecified atom stereocenters. The molecule has 1 fully saturated rings. The minimum absolute atomic E-state index is 0.00441. The van der Waals surface area contributed by atoms with Crippen LogP contribution in [-0.2, 0) is 4.79 Å². The van der Waals surface area contributed by atoms with Gasteiger partial charge in [-0.25, -0.2) is 9.50 Å². The van der Waals surface area contributed by atoms with Gasteiger partial charge in [0.2, 0.25) is 5.91 Å². The highest BCUT2D eigenvalue weighted by Crippen LogP contribution is 2.34. The van der Waals surface area contributed by atoms with E-state index >= 15 is 0 Å². The summed E-state index contributed by atoms with van der Waals surface area (Å²) < 4.78 is 1.69. The minimum Gasteiger partial charge on any atom is -0.309 e. The average molecular weight is 383 g/mol. The molecule has 27 heavy (non-hydrogen) atoms. The lowest BCUT2D eigenvalue weighted by Gasteiger charge is -2.09. The number of aryl methyl sites for hydroxylation is 1. The Morgan fingerprint density at radius 2 is 2.15 bits per heavy atom. The molecule has 0 spiro atoms. The first-order valence-electron chi connectivity index (χ1n) is 9.51. The van der Waals surface area contributed by atoms with Crippen molar-refractivity contribution in [2.24, 2.45) is 5.92 Å². The number of nitrogens with one attached hydrogen (secondary N) is 1. The lowest BCUT2D eigenvalue weighted by atomic mass is 10.0. The van der Waals surface area contributed by atoms with E-state index < -0.39 is 0 Å². The van der Waals surface area contributed by atoms with E-state index in [0.29, 0.717) is 28.8 Å². The van der Waals surface area contributed by atoms with Gasteiger partial charge in [0.1, 0.15) is 0 Å². The fraction of sp³-hybridized carbons (Fsp3) is 0.381. The Hall–Kier alpha value is -2.40. The first kappa shape index (κ1) is 18.0. The molecule has 2 heterocycles. The van der Waals surface area contributed by atoms with Crippen LogP contribution in [0, 0.1) is 12.8 Å². The molecule has 0 radical (unpaired) electrons. The van der Waals surface area contributed by atoms with E-state index in [1.807, 2.05) is 37.4 Å². The molecule has 1 aliphatic rings. The zero-order valence-corrected chi connectivity index (χ0v) is 16.2. The van der Waals surface area contributed by atoms with Gasteiger partial charge in [0, 0.05) is 23.8 Å². The molecule has 3 aromatic rings. The number of nitrogens with zero attached hydrogens (tertiary/aromatic N) is 3. The molecule has 1 N–H and O–H groups in total. The van der Waals surface area contributed by atoms with Gasteiger partial charge in [0.15, 0.2) is 11.5 Å². The second-order valence-corrected chi connectivity index (χ2v) is 7.72. The van der Waals surface area contributed by atoms with Crippen molar-refractivity contribution >= 4 is 29.0 Å². The highest BCUT2D eigenvalue weighted by Gasteiger charge is 2.20. The number of hydrogen-bond donors (Lipinski definition) is 1. The Labute approximate surface area is 163 Å². The van der Waals surface area contributed by atoms with Crippen molar-refractivity contribution in [2.75, 3.05) is 5.32 Å². The summed E-state index contributed by atoms with van der Waals surface area (Å²) in [5.41, 5.74) is 3.40. The zero-order chi connectivity index (χ0) is 18.8. The van der Waals surface area contributed by atoms with Gasteiger partial charge >= 0.3 is 0 Å². The average Bonchev–Trinajstić information content (AvgIpc) is 3.29. The SMILES string of the molecule is Cc1ccc(-c2c(NC(=O)CCC3CCCC3)nn3cccnc23)cc1Cl. The molecule has 5 nitrogen and oxygen atoms in total. The smallest absolute Gasteiger partial charge is 0.225 e. The van der Waals surface area contributed by atoms with Gasteiger partial charge in [-0.15, -0.1) is 5.10 Å². The Morgan fingerprint density at radius 1 is 1.33 bits per heavy atom. The Morgan fingerprint density at radius 3 is 2.93 bits per heavy atom. The van der Waals surface area contributed by atoms with Crippen LogP contribution in [0.25, 0.3) is 16.8 Å². The van der Waals surface area contributed by atoms with Gasteiger partial charge in [0.25, 0.3) is 0 Å². The van der Waals surface area contributed by atoms with E-state index in [-0.39, 0.29) is 5.91 Å². The number of carbonyl (C=O) groups is 1. The van der Waals surface area contributed by atoms with Crippen LogP contribution < -0.4 is 5.32 Å². The molecule has 0 aliphatic heterocycles. The van der Waals surface area contributed by atoms with Crippen LogP contribution in [0.5, 0.6) is 0 Å². The van der Waals surface area contributed by atoms with Crippen molar-refractivity contribution in [1.29, 1.82) is 0 Å². The lowest BCUT2D eigenvalue weighted by Crippen LogP contribution is -2.13. The van der Waals surface area contributed by atoms with E-state index in [0.717, 1.165) is 23.1 Å². The molecule has 2 aromatic heterocycles. The molecule has 0 bridgehead atoms. The maximum atomic E-state index is 12.5. The largest absolute Gasteiger partial charge is 0.309 e. The number of carbonyl (C=O) groups excluding carboxylic acids is 1. The van der Waals surface area contributed by atoms with Crippen LogP contribution in [0.3, 0.4) is 0 Å². The van der Waals surface area contributed by atoms with Crippen LogP contribution in [0.1, 0.15) is 44.1 Å². The second-order valence-electron chi connectivity index (χ2n) is 7.31. The first-order valence-corrected chi connectivity index (χ1v) is 9.89. The van der Waals surface area contributed by atoms with Gasteiger partial charge in [0.05, 0.1) is 5.56 Å². The maximum Gasteiger partial charge on any atom is 0.225 e. The number of benzene rings is 1. The van der Waals surface area contributed by atoms with E-state index in [1.165, 1.54) is 25.7 Å². The molecule has 0 atom stereocenters. The quantitative estimate of drug-likeness (QED) is 0.654. The monoisotopic (exact) mass is 382 g/mol. The van der Waals surface area contributed by atoms with Crippen molar-refractivity contribution < 1.29 is 4.79 Å². The topological polar surface area (TPSA) is 59.3 Å². The summed E-state index contributed by atoms with van der Waals surface area (Å²) in [7, 11) is 0. The fourth-order valence-electron chi connectivity index (χ4n) is 3.82. The van der Waals surface area contributed by atoms with Gasteiger partial charge in [-0.05, 0) is 42.5 Å². The summed E-state index contributed by atoms with van der Waals surface area (Å²) in [6, 6.07) is 7.67. The molecule has 0 saturated heterocycles. The third-order valence-corrected chi connectivity index (χ3v) is 5.78. The zero-order valence-electron chi connectivity index (χ0n) is 15.4. The summed E-state index contributed by atoms with van der Waals surface area (Å²) in [4.78, 5) is 17.0. The fourth-order valence-corrected chi connectivity index (χ4v) is 4.00. The van der Waals surface area contributed by atoms with Crippen molar-refractivity contribution in [3.63, 3.8) is 0 Å². The van der Waals surface area contributed by atoms with Crippen LogP contribution >= 0.6 is 11.6 Å². The van der Waals surface area contributed by atoms with E-state index in [2.05, 4.69) is 15.4 Å². The molecule has 140 valence electrons. The number of aromatic nitrogens is 3. The van der Waals surface area contributed by atoms with Gasteiger partial charge < -0.3 is 5.32 Å². The van der Waals surface area contributed by atoms with Crippen LogP contribution in [0.15, 0.2) is 36.7 Å². The normalized spacial score (nSPS) is 14.7. The predicted octanol–water partition coefficient (Wildman–Crippen LogP) is 5.27. The standard InChI is InChI=1S/C21H23ClN4O/c1-14-7-9-16(13-17(14)22)19-20(25-26-12-4-11-23-21(19)26)24-18(27)10-8-15-5-2-3-6-15/h4,7,9,11-13,15H,2-3,5-6,8,10H2,1H3,(H,24,25,27). The Kier molecular flexibility index (Phi) is 5.12. The van der Waals surface area contributed by atoms with Gasteiger partial charge in [-0.3, -0.25) is 4.79 Å². The van der Waals surface area contributed by atoms with Gasteiger partial charge in [-0.2, -0.15) is 0 Å². The van der Waals surface area contributed by atoms with Crippen LogP contribution in [0.2, 0.25) is 5.02 Å². The second kappa shape index (κ2) is 7.69. The third kappa shape index (κ3) is 3.83. The number of halogens is 1. The number of hydrogen-bond acceptors (Lipinski definition) is 3. The van der Waals surface area contributed by atoms with Crippen LogP contribution in [-0.4, -0.2) is 20.5 Å². The Balaban J connectivity index is 1.63. The number of amides is 1. The summed E-state index contributed by atoms with van der Waals surface area (Å²) in [5.74, 6) is 1.23. The third-order valence-electron chi connectivity index (χ3n) is 5.37. The summed E-state index contributed by atoms with van der Waals surface area (Å²) in [6.45, 7) is 1.96. The number of anilines is 1. The summed E-state index contributed by atoms with van der Waals surface area (Å²) in [6.07, 6.45) is 10.1. The van der Waals surface area contributed by atoms with Gasteiger partial charge in [-0.1, -0.05) is 49.4 Å². The number of rotatable bonds is 5. The molecule has 1 aliphatic carbocycles. The molecular weight excluding hydrogens is 360 g/mol. The van der Waals surface area contributed by atoms with E-state index in [9.17, 15) is 4.79 Å². The van der Waals surface area contributed by atoms with Crippen molar-refractivity contribution in [1.82, 2.24) is 14.6 Å². The lowest BCUT2D eigenvalue weighted by molar-refractivity contribution is -0.116. The molecule has 1 aromatic carbocycles. The first-order chi connectivity index (χ1) is 13.1. The molecule has 6 heteroatoms. The Bertz CT molecular complexity index is 975. The summed E-state index contributed by atoms with van der Waals surface area (Å²) >= 11 is 6.33. The predicted molar refractivity (Wildman–Crippen MR) is 108 cm³/mol. The van der Waals surface area contributed by atoms with Crippen molar-refractivity contribution in [2.45, 2.75) is 45.4 Å². The highest BCUT2D eigenvalue weighted by atomic mass is 35.5. The highest BCUT2D eigenvalue weighted by molar-refractivity contribution is 6.31. The molecule has 1 saturated carbocycles. The minimum atomic E-state index is 0.00441. The molecule has 1 amide bonds. The van der Waals surface area contributed by atoms with Crippen LogP contribution in [0.4, 0.5) is 5.82 Å². The number of fused-ring (bicyclic) bond motifs is 1.